The Morgan fingerprint density at radius 2 is 2.19 bits per heavy atom. The summed E-state index contributed by atoms with van der Waals surface area (Å²) in [7, 11) is 0. The topological polar surface area (TPSA) is 53.5 Å². The van der Waals surface area contributed by atoms with E-state index >= 15 is 0 Å². The van der Waals surface area contributed by atoms with E-state index in [4.69, 9.17) is 0 Å². The highest BCUT2D eigenvalue weighted by molar-refractivity contribution is 6.45. The van der Waals surface area contributed by atoms with Crippen LogP contribution in [-0.4, -0.2) is 17.7 Å². The van der Waals surface area contributed by atoms with Crippen LogP contribution in [0.3, 0.4) is 0 Å². The van der Waals surface area contributed by atoms with Crippen LogP contribution in [0.2, 0.25) is 0 Å². The lowest BCUT2D eigenvalue weighted by Crippen LogP contribution is -2.42. The minimum atomic E-state index is -0.117. The number of hydrogen-bond acceptors (Lipinski definition) is 3. The minimum Gasteiger partial charge on any atom is -0.359 e. The predicted octanol–water partition coefficient (Wildman–Crippen LogP) is 1.46. The summed E-state index contributed by atoms with van der Waals surface area (Å²) in [6.45, 7) is 3.76. The van der Waals surface area contributed by atoms with Crippen molar-refractivity contribution in [3.05, 3.63) is 24.7 Å². The molecule has 0 unspecified atom stereocenters. The van der Waals surface area contributed by atoms with E-state index in [9.17, 15) is 4.79 Å². The quantitative estimate of drug-likeness (QED) is 0.739. The first-order valence-corrected chi connectivity index (χ1v) is 5.77. The van der Waals surface area contributed by atoms with Gasteiger partial charge in [0, 0.05) is 18.4 Å². The van der Waals surface area contributed by atoms with Crippen molar-refractivity contribution in [3.63, 3.8) is 0 Å². The molecule has 2 aliphatic rings. The van der Waals surface area contributed by atoms with Crippen molar-refractivity contribution in [1.82, 2.24) is 10.6 Å². The molecule has 0 bridgehead atoms. The van der Waals surface area contributed by atoms with Crippen LogP contribution in [0.4, 0.5) is 0 Å². The molecule has 4 nitrogen and oxygen atoms in total. The summed E-state index contributed by atoms with van der Waals surface area (Å²) < 4.78 is 0. The highest BCUT2D eigenvalue weighted by Crippen LogP contribution is 2.17. The third kappa shape index (κ3) is 2.51. The molecule has 4 heteroatoms. The van der Waals surface area contributed by atoms with E-state index in [0.29, 0.717) is 17.5 Å². The smallest absolute Gasteiger partial charge is 0.272 e. The van der Waals surface area contributed by atoms with Crippen molar-refractivity contribution in [1.29, 1.82) is 0 Å². The van der Waals surface area contributed by atoms with E-state index in [0.717, 1.165) is 12.8 Å². The molecule has 0 aromatic rings. The second-order valence-electron chi connectivity index (χ2n) is 4.22. The molecule has 0 saturated heterocycles. The molecular weight excluding hydrogens is 202 g/mol. The number of nitrogens with zero attached hydrogens (tertiary/aromatic N) is 1. The largest absolute Gasteiger partial charge is 0.359 e. The molecule has 0 atom stereocenters. The molecule has 2 N–H and O–H groups in total. The first-order valence-electron chi connectivity index (χ1n) is 5.77. The summed E-state index contributed by atoms with van der Waals surface area (Å²) >= 11 is 0. The number of nitrogens with one attached hydrogen (secondary N) is 2. The Hall–Kier alpha value is -1.58. The Balaban J connectivity index is 1.94. The Morgan fingerprint density at radius 3 is 2.88 bits per heavy atom. The van der Waals surface area contributed by atoms with Crippen LogP contribution in [0.1, 0.15) is 32.1 Å². The zero-order valence-corrected chi connectivity index (χ0v) is 9.33. The summed E-state index contributed by atoms with van der Waals surface area (Å²) in [5, 5.41) is 5.90. The average Bonchev–Trinajstić information content (AvgIpc) is 2.31. The Bertz CT molecular complexity index is 351. The molecule has 1 amide bonds. The monoisotopic (exact) mass is 219 g/mol. The first kappa shape index (κ1) is 10.9. The Labute approximate surface area is 95.5 Å². The van der Waals surface area contributed by atoms with Crippen molar-refractivity contribution < 1.29 is 4.79 Å². The molecule has 2 rings (SSSR count). The van der Waals surface area contributed by atoms with Gasteiger partial charge in [-0.1, -0.05) is 25.8 Å². The van der Waals surface area contributed by atoms with Crippen molar-refractivity contribution in [3.8, 4) is 0 Å². The van der Waals surface area contributed by atoms with Gasteiger partial charge in [-0.05, 0) is 12.8 Å². The molecule has 1 fully saturated rings. The van der Waals surface area contributed by atoms with Crippen molar-refractivity contribution in [2.24, 2.45) is 4.99 Å². The number of hydrogen-bond donors (Lipinski definition) is 2. The second kappa shape index (κ2) is 4.96. The van der Waals surface area contributed by atoms with E-state index in [-0.39, 0.29) is 5.91 Å². The lowest BCUT2D eigenvalue weighted by molar-refractivity contribution is -0.115. The van der Waals surface area contributed by atoms with Gasteiger partial charge >= 0.3 is 0 Å². The maximum absolute atomic E-state index is 11.9. The molecule has 1 saturated carbocycles. The molecule has 16 heavy (non-hydrogen) atoms. The van der Waals surface area contributed by atoms with Crippen molar-refractivity contribution in [2.45, 2.75) is 38.1 Å². The minimum absolute atomic E-state index is 0.117. The maximum Gasteiger partial charge on any atom is 0.272 e. The fourth-order valence-corrected chi connectivity index (χ4v) is 2.09. The van der Waals surface area contributed by atoms with Gasteiger partial charge in [-0.15, -0.1) is 0 Å². The van der Waals surface area contributed by atoms with E-state index in [2.05, 4.69) is 22.2 Å². The van der Waals surface area contributed by atoms with E-state index in [1.165, 1.54) is 19.3 Å². The van der Waals surface area contributed by atoms with Crippen LogP contribution < -0.4 is 10.6 Å². The summed E-state index contributed by atoms with van der Waals surface area (Å²) in [4.78, 5) is 15.9. The molecule has 1 aliphatic carbocycles. The van der Waals surface area contributed by atoms with Gasteiger partial charge in [0.25, 0.3) is 5.91 Å². The molecule has 86 valence electrons. The molecule has 0 aromatic carbocycles. The molecule has 1 heterocycles. The lowest BCUT2D eigenvalue weighted by atomic mass is 9.95. The molecule has 0 radical (unpaired) electrons. The zero-order chi connectivity index (χ0) is 11.4. The Kier molecular flexibility index (Phi) is 3.39. The predicted molar refractivity (Wildman–Crippen MR) is 63.9 cm³/mol. The Morgan fingerprint density at radius 1 is 1.44 bits per heavy atom. The second-order valence-corrected chi connectivity index (χ2v) is 4.22. The van der Waals surface area contributed by atoms with Gasteiger partial charge < -0.3 is 10.6 Å². The van der Waals surface area contributed by atoms with Crippen LogP contribution in [0.5, 0.6) is 0 Å². The zero-order valence-electron chi connectivity index (χ0n) is 9.33. The van der Waals surface area contributed by atoms with Crippen LogP contribution in [0.15, 0.2) is 29.7 Å². The van der Waals surface area contributed by atoms with Crippen LogP contribution in [0.25, 0.3) is 0 Å². The number of aliphatic imine (C=N–C) groups is 1. The lowest BCUT2D eigenvalue weighted by Gasteiger charge is -2.23. The molecule has 0 aromatic heterocycles. The van der Waals surface area contributed by atoms with Gasteiger partial charge in [0.2, 0.25) is 0 Å². The SMILES string of the molecule is C=C1NC=CN=C1C(=O)NC1CCCCC1. The fraction of sp³-hybridized carbons (Fsp3) is 0.500. The van der Waals surface area contributed by atoms with E-state index in [1.807, 2.05) is 0 Å². The summed E-state index contributed by atoms with van der Waals surface area (Å²) in [6.07, 6.45) is 9.09. The summed E-state index contributed by atoms with van der Waals surface area (Å²) in [5.41, 5.74) is 0.962. The van der Waals surface area contributed by atoms with Gasteiger partial charge in [-0.2, -0.15) is 0 Å². The van der Waals surface area contributed by atoms with Gasteiger partial charge in [0.15, 0.2) is 5.71 Å². The number of amides is 1. The molecular formula is C12H17N3O. The van der Waals surface area contributed by atoms with Crippen LogP contribution in [-0.2, 0) is 4.79 Å². The highest BCUT2D eigenvalue weighted by atomic mass is 16.2. The van der Waals surface area contributed by atoms with E-state index < -0.39 is 0 Å². The number of carbonyl (C=O) groups is 1. The van der Waals surface area contributed by atoms with Gasteiger partial charge in [0.1, 0.15) is 0 Å². The van der Waals surface area contributed by atoms with Crippen LogP contribution >= 0.6 is 0 Å². The fourth-order valence-electron chi connectivity index (χ4n) is 2.09. The molecule has 0 spiro atoms. The average molecular weight is 219 g/mol. The molecule has 1 aliphatic heterocycles. The summed E-state index contributed by atoms with van der Waals surface area (Å²) in [5.74, 6) is -0.117. The normalized spacial score (nSPS) is 21.2. The third-order valence-electron chi connectivity index (χ3n) is 2.98. The van der Waals surface area contributed by atoms with Gasteiger partial charge in [0.05, 0.1) is 5.70 Å². The standard InChI is InChI=1S/C12H17N3O/c1-9-11(14-8-7-13-9)12(16)15-10-5-3-2-4-6-10/h7-8,10,13H,1-6H2,(H,15,16). The van der Waals surface area contributed by atoms with Gasteiger partial charge in [-0.3, -0.25) is 4.79 Å². The van der Waals surface area contributed by atoms with Crippen LogP contribution in [0, 0.1) is 0 Å². The highest BCUT2D eigenvalue weighted by Gasteiger charge is 2.20. The van der Waals surface area contributed by atoms with Crippen molar-refractivity contribution >= 4 is 11.6 Å². The number of carbonyl (C=O) groups excluding carboxylic acids is 1. The summed E-state index contributed by atoms with van der Waals surface area (Å²) in [6, 6.07) is 0.308. The number of rotatable bonds is 2. The third-order valence-corrected chi connectivity index (χ3v) is 2.98. The first-order chi connectivity index (χ1) is 7.77. The maximum atomic E-state index is 11.9. The van der Waals surface area contributed by atoms with Gasteiger partial charge in [-0.25, -0.2) is 4.99 Å². The van der Waals surface area contributed by atoms with E-state index in [1.54, 1.807) is 12.4 Å². The van der Waals surface area contributed by atoms with Crippen molar-refractivity contribution in [2.75, 3.05) is 0 Å².